The second kappa shape index (κ2) is 8.78. The number of anilines is 1. The predicted octanol–water partition coefficient (Wildman–Crippen LogP) is 5.75. The van der Waals surface area contributed by atoms with E-state index in [0.717, 1.165) is 28.1 Å². The molecule has 2 aromatic carbocycles. The summed E-state index contributed by atoms with van der Waals surface area (Å²) in [5.74, 6) is 0.170. The van der Waals surface area contributed by atoms with Crippen molar-refractivity contribution in [3.05, 3.63) is 100 Å². The second-order valence-electron chi connectivity index (χ2n) is 9.18. The van der Waals surface area contributed by atoms with Crippen LogP contribution in [0, 0.1) is 13.8 Å². The summed E-state index contributed by atoms with van der Waals surface area (Å²) in [6.07, 6.45) is 1.60. The molecule has 2 amide bonds. The number of nitrogens with zero attached hydrogens (tertiary/aromatic N) is 2. The van der Waals surface area contributed by atoms with Crippen LogP contribution in [0.5, 0.6) is 0 Å². The Balaban J connectivity index is 1.57. The van der Waals surface area contributed by atoms with Gasteiger partial charge in [0, 0.05) is 17.3 Å². The van der Waals surface area contributed by atoms with Crippen molar-refractivity contribution in [2.24, 2.45) is 0 Å². The maximum absolute atomic E-state index is 13.9. The van der Waals surface area contributed by atoms with Crippen LogP contribution in [-0.2, 0) is 17.9 Å². The first-order valence-electron chi connectivity index (χ1n) is 11.5. The summed E-state index contributed by atoms with van der Waals surface area (Å²) in [5.41, 5.74) is 3.75. The molecule has 0 spiro atoms. The maximum atomic E-state index is 13.9. The molecule has 0 radical (unpaired) electrons. The van der Waals surface area contributed by atoms with Crippen LogP contribution in [-0.4, -0.2) is 21.9 Å². The number of halogens is 1. The first kappa shape index (κ1) is 23.0. The fourth-order valence-electron chi connectivity index (χ4n) is 4.76. The Morgan fingerprint density at radius 2 is 1.80 bits per heavy atom. The van der Waals surface area contributed by atoms with Gasteiger partial charge in [0.25, 0.3) is 5.91 Å². The van der Waals surface area contributed by atoms with Gasteiger partial charge in [0.05, 0.1) is 18.5 Å². The van der Waals surface area contributed by atoms with Gasteiger partial charge in [0.1, 0.15) is 17.0 Å². The van der Waals surface area contributed by atoms with Gasteiger partial charge in [-0.2, -0.15) is 0 Å². The molecule has 0 saturated heterocycles. The molecule has 1 N–H and O–H groups in total. The van der Waals surface area contributed by atoms with Crippen LogP contribution < -0.4 is 10.2 Å². The predicted molar refractivity (Wildman–Crippen MR) is 137 cm³/mol. The molecule has 1 aliphatic heterocycles. The Hall–Kier alpha value is -3.77. The van der Waals surface area contributed by atoms with Crippen LogP contribution in [0.2, 0.25) is 5.02 Å². The molecular formula is C28H26ClN3O3. The average molecular weight is 488 g/mol. The van der Waals surface area contributed by atoms with Gasteiger partial charge in [0.15, 0.2) is 0 Å². The van der Waals surface area contributed by atoms with Crippen molar-refractivity contribution >= 4 is 29.1 Å². The fraction of sp³-hybridized carbons (Fsp3) is 0.214. The molecular weight excluding hydrogens is 462 g/mol. The first-order chi connectivity index (χ1) is 16.8. The monoisotopic (exact) mass is 487 g/mol. The molecule has 0 fully saturated rings. The Labute approximate surface area is 209 Å². The number of carbonyl (C=O) groups excluding carboxylic acids is 2. The lowest BCUT2D eigenvalue weighted by Gasteiger charge is -2.44. The summed E-state index contributed by atoms with van der Waals surface area (Å²) in [4.78, 5) is 29.4. The third-order valence-corrected chi connectivity index (χ3v) is 6.84. The van der Waals surface area contributed by atoms with Crippen molar-refractivity contribution in [3.63, 3.8) is 0 Å². The largest absolute Gasteiger partial charge is 0.463 e. The Kier molecular flexibility index (Phi) is 5.77. The highest BCUT2D eigenvalue weighted by Gasteiger charge is 2.49. The number of hydrogen-bond donors (Lipinski definition) is 1. The van der Waals surface area contributed by atoms with Gasteiger partial charge in [-0.05, 0) is 74.4 Å². The van der Waals surface area contributed by atoms with E-state index in [1.807, 2.05) is 67.8 Å². The van der Waals surface area contributed by atoms with Gasteiger partial charge in [-0.1, -0.05) is 41.4 Å². The third-order valence-electron chi connectivity index (χ3n) is 6.58. The number of amides is 2. The van der Waals surface area contributed by atoms with E-state index < -0.39 is 5.54 Å². The molecule has 5 rings (SSSR count). The second-order valence-corrected chi connectivity index (χ2v) is 9.62. The highest BCUT2D eigenvalue weighted by Crippen LogP contribution is 2.38. The summed E-state index contributed by atoms with van der Waals surface area (Å²) in [6, 6.07) is 20.5. The number of nitrogens with one attached hydrogen (secondary N) is 1. The Morgan fingerprint density at radius 3 is 2.49 bits per heavy atom. The van der Waals surface area contributed by atoms with E-state index in [9.17, 15) is 9.59 Å². The minimum absolute atomic E-state index is 0.231. The minimum Gasteiger partial charge on any atom is -0.463 e. The van der Waals surface area contributed by atoms with E-state index in [-0.39, 0.29) is 18.4 Å². The van der Waals surface area contributed by atoms with Crippen molar-refractivity contribution in [1.82, 2.24) is 9.88 Å². The topological polar surface area (TPSA) is 67.5 Å². The highest BCUT2D eigenvalue weighted by atomic mass is 35.5. The van der Waals surface area contributed by atoms with Crippen molar-refractivity contribution in [2.45, 2.75) is 39.4 Å². The Bertz CT molecular complexity index is 1410. The summed E-state index contributed by atoms with van der Waals surface area (Å²) >= 11 is 6.00. The smallest absolute Gasteiger partial charge is 0.275 e. The van der Waals surface area contributed by atoms with Crippen molar-refractivity contribution in [1.29, 1.82) is 0 Å². The van der Waals surface area contributed by atoms with Crippen molar-refractivity contribution < 1.29 is 14.0 Å². The molecule has 2 aromatic heterocycles. The number of carbonyl (C=O) groups is 2. The van der Waals surface area contributed by atoms with Crippen LogP contribution in [0.25, 0.3) is 11.5 Å². The summed E-state index contributed by atoms with van der Waals surface area (Å²) in [7, 11) is 0. The van der Waals surface area contributed by atoms with Crippen LogP contribution in [0.15, 0.2) is 77.4 Å². The first-order valence-corrected chi connectivity index (χ1v) is 11.8. The molecule has 6 nitrogen and oxygen atoms in total. The number of rotatable bonds is 5. The van der Waals surface area contributed by atoms with E-state index in [1.54, 1.807) is 35.4 Å². The highest BCUT2D eigenvalue weighted by molar-refractivity contribution is 6.30. The van der Waals surface area contributed by atoms with E-state index >= 15 is 0 Å². The lowest BCUT2D eigenvalue weighted by atomic mass is 9.92. The molecule has 0 aliphatic carbocycles. The lowest BCUT2D eigenvalue weighted by molar-refractivity contribution is -0.126. The van der Waals surface area contributed by atoms with Crippen LogP contribution in [0.4, 0.5) is 5.69 Å². The van der Waals surface area contributed by atoms with Crippen LogP contribution in [0.3, 0.4) is 0 Å². The molecule has 3 heterocycles. The zero-order valence-corrected chi connectivity index (χ0v) is 20.6. The quantitative estimate of drug-likeness (QED) is 0.389. The third kappa shape index (κ3) is 4.04. The number of hydrogen-bond acceptors (Lipinski definition) is 3. The van der Waals surface area contributed by atoms with Crippen molar-refractivity contribution in [2.75, 3.05) is 4.90 Å². The van der Waals surface area contributed by atoms with Gasteiger partial charge < -0.3 is 14.3 Å². The molecule has 0 bridgehead atoms. The van der Waals surface area contributed by atoms with Gasteiger partial charge in [0.2, 0.25) is 5.91 Å². The standard InChI is InChI=1S/C28H26ClN3O3/c1-18-6-11-22(19(2)15-18)32-26(33)24-13-12-23(25-5-4-14-35-25)31(24)17-28(32,3)27(34)30-16-20-7-9-21(29)10-8-20/h4-15H,16-17H2,1-3H3,(H,30,34)/t28-/m1/s1. The minimum atomic E-state index is -1.18. The molecule has 1 atom stereocenters. The van der Waals surface area contributed by atoms with E-state index in [0.29, 0.717) is 23.0 Å². The van der Waals surface area contributed by atoms with Crippen LogP contribution >= 0.6 is 11.6 Å². The molecule has 4 aromatic rings. The number of aryl methyl sites for hydroxylation is 2. The zero-order valence-electron chi connectivity index (χ0n) is 19.8. The summed E-state index contributed by atoms with van der Waals surface area (Å²) in [5, 5.41) is 3.68. The SMILES string of the molecule is Cc1ccc(N2C(=O)c3ccc(-c4ccco4)n3C[C@]2(C)C(=O)NCc2ccc(Cl)cc2)c(C)c1. The number of fused-ring (bicyclic) bond motifs is 1. The van der Waals surface area contributed by atoms with E-state index in [1.165, 1.54) is 0 Å². The molecule has 7 heteroatoms. The van der Waals surface area contributed by atoms with Gasteiger partial charge in [-0.15, -0.1) is 0 Å². The maximum Gasteiger partial charge on any atom is 0.275 e. The summed E-state index contributed by atoms with van der Waals surface area (Å²) < 4.78 is 7.49. The molecule has 178 valence electrons. The average Bonchev–Trinajstić information content (AvgIpc) is 3.49. The van der Waals surface area contributed by atoms with E-state index in [4.69, 9.17) is 16.0 Å². The van der Waals surface area contributed by atoms with Gasteiger partial charge >= 0.3 is 0 Å². The molecule has 1 aliphatic rings. The van der Waals surface area contributed by atoms with Crippen LogP contribution in [0.1, 0.15) is 34.1 Å². The number of benzene rings is 2. The van der Waals surface area contributed by atoms with Gasteiger partial charge in [-0.3, -0.25) is 14.5 Å². The lowest BCUT2D eigenvalue weighted by Crippen LogP contribution is -2.64. The molecule has 35 heavy (non-hydrogen) atoms. The molecule has 0 saturated carbocycles. The van der Waals surface area contributed by atoms with Crippen molar-refractivity contribution in [3.8, 4) is 11.5 Å². The number of furan rings is 1. The summed E-state index contributed by atoms with van der Waals surface area (Å²) in [6.45, 7) is 6.38. The Morgan fingerprint density at radius 1 is 1.06 bits per heavy atom. The zero-order chi connectivity index (χ0) is 24.7. The number of aromatic nitrogens is 1. The normalized spacial score (nSPS) is 17.4. The van der Waals surface area contributed by atoms with E-state index in [2.05, 4.69) is 5.32 Å². The molecule has 0 unspecified atom stereocenters. The van der Waals surface area contributed by atoms with Gasteiger partial charge in [-0.25, -0.2) is 0 Å². The fourth-order valence-corrected chi connectivity index (χ4v) is 4.89.